The van der Waals surface area contributed by atoms with Crippen molar-refractivity contribution in [2.24, 2.45) is 0 Å². The van der Waals surface area contributed by atoms with Gasteiger partial charge in [0.15, 0.2) is 5.78 Å². The first kappa shape index (κ1) is 55.5. The van der Waals surface area contributed by atoms with E-state index in [-0.39, 0.29) is 30.2 Å². The highest BCUT2D eigenvalue weighted by atomic mass is 16.5. The molecule has 2 aliphatic heterocycles. The molecule has 390 valence electrons. The Hall–Kier alpha value is -6.27. The maximum Gasteiger partial charge on any atom is 0.313 e. The van der Waals surface area contributed by atoms with Crippen LogP contribution in [0.1, 0.15) is 147 Å². The monoisotopic (exact) mass is 1000 g/mol. The number of carbonyl (C=O) groups is 3. The first-order valence-electron chi connectivity index (χ1n) is 26.5. The molecule has 0 amide bonds. The summed E-state index contributed by atoms with van der Waals surface area (Å²) in [5.41, 5.74) is 5.72. The molecule has 1 atom stereocenters. The van der Waals surface area contributed by atoms with Crippen molar-refractivity contribution < 1.29 is 39.2 Å². The van der Waals surface area contributed by atoms with Crippen LogP contribution >= 0.6 is 0 Å². The number of hydrogen-bond acceptors (Lipinski definition) is 8. The average molecular weight is 1000 g/mol. The van der Waals surface area contributed by atoms with Crippen LogP contribution in [-0.4, -0.2) is 94.3 Å². The Kier molecular flexibility index (Phi) is 20.1. The molecule has 0 aliphatic carbocycles. The van der Waals surface area contributed by atoms with Crippen LogP contribution in [0.25, 0.3) is 0 Å². The standard InChI is InChI=1S/C32H39NO4.C32H37NO4/c2*1-32(2,31(35)36)27-17-15-24(16-18-27)29(34)14-9-21-33-22-19-28(20-23-33)37-30(25-10-5-3-6-11-25)26-12-7-4-8-13-26/h3-8,10-13,15-18,28-30,34H,9,14,19-23H2,1-2H3,(H,35,36);3-8,10-13,15-18,28,30H,9,14,19-23H2,1-2H3,(H,35,36). The summed E-state index contributed by atoms with van der Waals surface area (Å²) in [4.78, 5) is 40.5. The molecule has 6 aromatic rings. The number of Topliss-reactive ketones (excluding diaryl/α,β-unsaturated/α-hetero) is 1. The molecule has 2 fully saturated rings. The highest BCUT2D eigenvalue weighted by Crippen LogP contribution is 2.33. The Morgan fingerprint density at radius 1 is 0.486 bits per heavy atom. The average Bonchev–Trinajstić information content (AvgIpc) is 3.43. The second-order valence-corrected chi connectivity index (χ2v) is 21.0. The van der Waals surface area contributed by atoms with Crippen molar-refractivity contribution in [3.05, 3.63) is 214 Å². The van der Waals surface area contributed by atoms with Crippen molar-refractivity contribution in [1.82, 2.24) is 9.80 Å². The van der Waals surface area contributed by atoms with Gasteiger partial charge in [-0.25, -0.2) is 0 Å². The van der Waals surface area contributed by atoms with Gasteiger partial charge in [0.1, 0.15) is 12.2 Å². The summed E-state index contributed by atoms with van der Waals surface area (Å²) in [7, 11) is 0. The predicted molar refractivity (Wildman–Crippen MR) is 293 cm³/mol. The summed E-state index contributed by atoms with van der Waals surface area (Å²) in [5.74, 6) is -1.63. The number of ketones is 1. The van der Waals surface area contributed by atoms with Gasteiger partial charge in [-0.15, -0.1) is 0 Å². The van der Waals surface area contributed by atoms with Crippen LogP contribution in [0.4, 0.5) is 0 Å². The first-order chi connectivity index (χ1) is 35.7. The minimum atomic E-state index is -0.973. The third-order valence-corrected chi connectivity index (χ3v) is 15.0. The number of carboxylic acid groups (broad SMARTS) is 2. The Morgan fingerprint density at radius 3 is 1.18 bits per heavy atom. The summed E-state index contributed by atoms with van der Waals surface area (Å²) in [6.45, 7) is 12.5. The van der Waals surface area contributed by atoms with Gasteiger partial charge in [0, 0.05) is 38.2 Å². The van der Waals surface area contributed by atoms with Gasteiger partial charge in [0.05, 0.1) is 29.1 Å². The molecule has 0 spiro atoms. The van der Waals surface area contributed by atoms with Crippen molar-refractivity contribution >= 4 is 17.7 Å². The van der Waals surface area contributed by atoms with Gasteiger partial charge in [0.2, 0.25) is 0 Å². The SMILES string of the molecule is CC(C)(C(=O)O)c1ccc(C(=O)CCCN2CCC(OC(c3ccccc3)c3ccccc3)CC2)cc1.CC(C)(C(=O)O)c1ccc(C(O)CCCN2CCC(OC(c3ccccc3)c3ccccc3)CC2)cc1. The second-order valence-electron chi connectivity index (χ2n) is 21.0. The molecule has 10 heteroatoms. The van der Waals surface area contributed by atoms with Gasteiger partial charge >= 0.3 is 11.9 Å². The fraction of sp³-hybridized carbons (Fsp3) is 0.391. The largest absolute Gasteiger partial charge is 0.481 e. The van der Waals surface area contributed by atoms with Crippen LogP contribution in [0.2, 0.25) is 0 Å². The van der Waals surface area contributed by atoms with E-state index in [1.807, 2.05) is 48.5 Å². The lowest BCUT2D eigenvalue weighted by atomic mass is 9.84. The summed E-state index contributed by atoms with van der Waals surface area (Å²) < 4.78 is 13.3. The van der Waals surface area contributed by atoms with E-state index in [2.05, 4.69) is 107 Å². The number of ether oxygens (including phenoxy) is 2. The summed E-state index contributed by atoms with van der Waals surface area (Å²) in [6, 6.07) is 56.1. The van der Waals surface area contributed by atoms with Gasteiger partial charge in [-0.05, 0) is 125 Å². The van der Waals surface area contributed by atoms with Gasteiger partial charge in [-0.3, -0.25) is 14.4 Å². The van der Waals surface area contributed by atoms with Crippen LogP contribution in [-0.2, 0) is 29.9 Å². The van der Waals surface area contributed by atoms with Crippen LogP contribution in [0, 0.1) is 0 Å². The van der Waals surface area contributed by atoms with E-state index in [0.717, 1.165) is 88.9 Å². The molecule has 2 saturated heterocycles. The Morgan fingerprint density at radius 2 is 0.824 bits per heavy atom. The van der Waals surface area contributed by atoms with Gasteiger partial charge in [-0.1, -0.05) is 170 Å². The van der Waals surface area contributed by atoms with Crippen molar-refractivity contribution in [1.29, 1.82) is 0 Å². The number of carbonyl (C=O) groups excluding carboxylic acids is 1. The van der Waals surface area contributed by atoms with Crippen LogP contribution in [0.3, 0.4) is 0 Å². The molecular formula is C64H76N2O8. The van der Waals surface area contributed by atoms with E-state index < -0.39 is 28.9 Å². The second kappa shape index (κ2) is 26.8. The molecule has 2 heterocycles. The van der Waals surface area contributed by atoms with Gasteiger partial charge in [-0.2, -0.15) is 0 Å². The molecule has 10 nitrogen and oxygen atoms in total. The summed E-state index contributed by atoms with van der Waals surface area (Å²) in [6.07, 6.45) is 6.61. The molecule has 0 saturated carbocycles. The smallest absolute Gasteiger partial charge is 0.313 e. The zero-order valence-electron chi connectivity index (χ0n) is 43.7. The normalized spacial score (nSPS) is 15.6. The Bertz CT molecular complexity index is 2550. The number of carboxylic acids is 2. The number of benzene rings is 6. The lowest BCUT2D eigenvalue weighted by Gasteiger charge is -2.34. The number of piperidine rings is 2. The molecule has 8 rings (SSSR count). The maximum absolute atomic E-state index is 12.7. The Labute approximate surface area is 439 Å². The van der Waals surface area contributed by atoms with Crippen molar-refractivity contribution in [2.45, 2.75) is 120 Å². The van der Waals surface area contributed by atoms with E-state index in [9.17, 15) is 29.7 Å². The van der Waals surface area contributed by atoms with Crippen molar-refractivity contribution in [3.63, 3.8) is 0 Å². The zero-order valence-corrected chi connectivity index (χ0v) is 43.7. The molecule has 0 radical (unpaired) electrons. The van der Waals surface area contributed by atoms with E-state index in [1.165, 1.54) is 22.3 Å². The number of likely N-dealkylation sites (tertiary alicyclic amines) is 2. The number of hydrogen-bond donors (Lipinski definition) is 3. The molecular weight excluding hydrogens is 925 g/mol. The van der Waals surface area contributed by atoms with E-state index in [1.54, 1.807) is 52.0 Å². The van der Waals surface area contributed by atoms with E-state index in [0.29, 0.717) is 24.0 Å². The van der Waals surface area contributed by atoms with Crippen LogP contribution in [0.15, 0.2) is 170 Å². The highest BCUT2D eigenvalue weighted by molar-refractivity contribution is 5.96. The lowest BCUT2D eigenvalue weighted by Crippen LogP contribution is -2.38. The third-order valence-electron chi connectivity index (χ3n) is 15.0. The number of nitrogens with zero attached hydrogens (tertiary/aromatic N) is 2. The highest BCUT2D eigenvalue weighted by Gasteiger charge is 2.31. The molecule has 0 aromatic heterocycles. The van der Waals surface area contributed by atoms with E-state index >= 15 is 0 Å². The number of aliphatic hydroxyl groups is 1. The van der Waals surface area contributed by atoms with Gasteiger partial charge in [0.25, 0.3) is 0 Å². The lowest BCUT2D eigenvalue weighted by molar-refractivity contribution is -0.143. The van der Waals surface area contributed by atoms with Crippen LogP contribution in [0.5, 0.6) is 0 Å². The van der Waals surface area contributed by atoms with E-state index in [4.69, 9.17) is 9.47 Å². The summed E-state index contributed by atoms with van der Waals surface area (Å²) >= 11 is 0. The Balaban J connectivity index is 0.000000216. The number of aliphatic hydroxyl groups excluding tert-OH is 1. The predicted octanol–water partition coefficient (Wildman–Crippen LogP) is 12.4. The number of rotatable bonds is 22. The molecule has 3 N–H and O–H groups in total. The molecule has 1 unspecified atom stereocenters. The maximum atomic E-state index is 12.7. The third kappa shape index (κ3) is 15.4. The van der Waals surface area contributed by atoms with Crippen molar-refractivity contribution in [2.75, 3.05) is 39.3 Å². The number of aliphatic carboxylic acids is 2. The summed E-state index contributed by atoms with van der Waals surface area (Å²) in [5, 5.41) is 29.5. The van der Waals surface area contributed by atoms with Gasteiger partial charge < -0.3 is 34.6 Å². The molecule has 74 heavy (non-hydrogen) atoms. The minimum Gasteiger partial charge on any atom is -0.481 e. The molecule has 2 aliphatic rings. The molecule has 0 bridgehead atoms. The first-order valence-corrected chi connectivity index (χ1v) is 26.5. The van der Waals surface area contributed by atoms with Crippen LogP contribution < -0.4 is 0 Å². The fourth-order valence-corrected chi connectivity index (χ4v) is 9.86. The quantitative estimate of drug-likeness (QED) is 0.0564. The van der Waals surface area contributed by atoms with Crippen molar-refractivity contribution in [3.8, 4) is 0 Å². The minimum absolute atomic E-state index is 0.0541. The molecule has 6 aromatic carbocycles. The fourth-order valence-electron chi connectivity index (χ4n) is 9.86. The topological polar surface area (TPSA) is 137 Å². The zero-order chi connectivity index (χ0) is 52.5.